The Balaban J connectivity index is 1.28. The molecule has 9 heteroatoms. The fourth-order valence-electron chi connectivity index (χ4n) is 4.84. The first-order valence-corrected chi connectivity index (χ1v) is 12.0. The van der Waals surface area contributed by atoms with E-state index in [2.05, 4.69) is 4.98 Å². The van der Waals surface area contributed by atoms with Crippen LogP contribution in [-0.4, -0.2) is 40.1 Å². The van der Waals surface area contributed by atoms with Gasteiger partial charge in [-0.15, -0.1) is 0 Å². The molecule has 6 nitrogen and oxygen atoms in total. The van der Waals surface area contributed by atoms with E-state index >= 15 is 0 Å². The number of furan rings is 1. The summed E-state index contributed by atoms with van der Waals surface area (Å²) in [6.45, 7) is 3.48. The summed E-state index contributed by atoms with van der Waals surface area (Å²) in [5.74, 6) is 1.47. The lowest BCUT2D eigenvalue weighted by Crippen LogP contribution is -2.38. The highest BCUT2D eigenvalue weighted by molar-refractivity contribution is 5.97. The molecule has 5 rings (SSSR count). The fourth-order valence-corrected chi connectivity index (χ4v) is 4.84. The van der Waals surface area contributed by atoms with Gasteiger partial charge in [-0.25, -0.2) is 4.98 Å². The second kappa shape index (κ2) is 9.72. The van der Waals surface area contributed by atoms with Crippen molar-refractivity contribution in [2.24, 2.45) is 0 Å². The van der Waals surface area contributed by atoms with Gasteiger partial charge in [0.05, 0.1) is 12.2 Å². The number of fused-ring (bicyclic) bond motifs is 1. The Morgan fingerprint density at radius 1 is 1.14 bits per heavy atom. The number of alkyl halides is 3. The van der Waals surface area contributed by atoms with Crippen molar-refractivity contribution in [3.63, 3.8) is 0 Å². The van der Waals surface area contributed by atoms with Crippen LogP contribution in [0.2, 0.25) is 0 Å². The van der Waals surface area contributed by atoms with Crippen molar-refractivity contribution in [3.05, 3.63) is 83.6 Å². The van der Waals surface area contributed by atoms with Gasteiger partial charge in [0, 0.05) is 43.3 Å². The molecule has 0 unspecified atom stereocenters. The topological polar surface area (TPSA) is 60.5 Å². The number of benzene rings is 2. The van der Waals surface area contributed by atoms with Crippen LogP contribution in [0.4, 0.5) is 13.2 Å². The van der Waals surface area contributed by atoms with Crippen molar-refractivity contribution < 1.29 is 27.1 Å². The lowest BCUT2D eigenvalue weighted by Gasteiger charge is -2.31. The molecule has 36 heavy (non-hydrogen) atoms. The first-order valence-electron chi connectivity index (χ1n) is 12.0. The number of carbonyl (C=O) groups is 1. The number of aromatic nitrogens is 2. The van der Waals surface area contributed by atoms with Crippen LogP contribution in [0, 0.1) is 0 Å². The van der Waals surface area contributed by atoms with Crippen LogP contribution in [0.15, 0.2) is 65.3 Å². The maximum absolute atomic E-state index is 13.4. The zero-order valence-electron chi connectivity index (χ0n) is 19.8. The van der Waals surface area contributed by atoms with Gasteiger partial charge in [0.1, 0.15) is 5.82 Å². The molecule has 0 atom stereocenters. The predicted octanol–water partition coefficient (Wildman–Crippen LogP) is 6.11. The lowest BCUT2D eigenvalue weighted by molar-refractivity contribution is -0.138. The maximum Gasteiger partial charge on any atom is 0.416 e. The molecule has 1 aliphatic heterocycles. The van der Waals surface area contributed by atoms with Crippen LogP contribution in [-0.2, 0) is 12.7 Å². The highest BCUT2D eigenvalue weighted by Crippen LogP contribution is 2.34. The number of halogens is 3. The minimum Gasteiger partial charge on any atom is -0.490 e. The summed E-state index contributed by atoms with van der Waals surface area (Å²) in [6, 6.07) is 12.9. The molecule has 0 aliphatic carbocycles. The van der Waals surface area contributed by atoms with Gasteiger partial charge in [-0.1, -0.05) is 30.3 Å². The van der Waals surface area contributed by atoms with E-state index in [1.165, 1.54) is 12.1 Å². The smallest absolute Gasteiger partial charge is 0.416 e. The van der Waals surface area contributed by atoms with Crippen molar-refractivity contribution in [1.29, 1.82) is 0 Å². The molecule has 1 saturated heterocycles. The van der Waals surface area contributed by atoms with Crippen LogP contribution in [0.3, 0.4) is 0 Å². The number of amides is 1. The molecule has 1 fully saturated rings. The Kier molecular flexibility index (Phi) is 6.47. The molecule has 2 aromatic heterocycles. The standard InChI is InChI=1S/C27H26F3N3O3/c1-2-35-22-9-5-7-19-16-23(36-24(19)22)26(34)32-13-10-18(11-14-32)25-31-12-15-33(25)17-20-6-3-4-8-21(20)27(28,29)30/h3-9,12,15-16,18H,2,10-11,13-14,17H2,1H3. The number of imidazole rings is 1. The van der Waals surface area contributed by atoms with Crippen LogP contribution < -0.4 is 4.74 Å². The third-order valence-electron chi connectivity index (χ3n) is 6.58. The van der Waals surface area contributed by atoms with Crippen molar-refractivity contribution in [1.82, 2.24) is 14.5 Å². The molecule has 4 aromatic rings. The first-order chi connectivity index (χ1) is 17.3. The molecular weight excluding hydrogens is 471 g/mol. The summed E-state index contributed by atoms with van der Waals surface area (Å²) < 4.78 is 53.6. The summed E-state index contributed by atoms with van der Waals surface area (Å²) in [5.41, 5.74) is 0.121. The molecular formula is C27H26F3N3O3. The average molecular weight is 498 g/mol. The van der Waals surface area contributed by atoms with Gasteiger partial charge in [-0.3, -0.25) is 4.79 Å². The van der Waals surface area contributed by atoms with Gasteiger partial charge in [-0.2, -0.15) is 13.2 Å². The molecule has 0 saturated carbocycles. The fraction of sp³-hybridized carbons (Fsp3) is 0.333. The van der Waals surface area contributed by atoms with Crippen LogP contribution in [0.5, 0.6) is 5.75 Å². The van der Waals surface area contributed by atoms with Gasteiger partial charge in [0.25, 0.3) is 5.91 Å². The number of ether oxygens (including phenoxy) is 1. The summed E-state index contributed by atoms with van der Waals surface area (Å²) in [5, 5.41) is 0.806. The Hall–Kier alpha value is -3.75. The van der Waals surface area contributed by atoms with Crippen molar-refractivity contribution in [2.75, 3.05) is 19.7 Å². The Morgan fingerprint density at radius 2 is 1.92 bits per heavy atom. The third kappa shape index (κ3) is 4.69. The maximum atomic E-state index is 13.4. The molecule has 0 bridgehead atoms. The SMILES string of the molecule is CCOc1cccc2cc(C(=O)N3CCC(c4nccn4Cc4ccccc4C(F)(F)F)CC3)oc12. The Bertz CT molecular complexity index is 1370. The van der Waals surface area contributed by atoms with Gasteiger partial charge in [0.15, 0.2) is 17.1 Å². The predicted molar refractivity (Wildman–Crippen MR) is 128 cm³/mol. The molecule has 2 aromatic carbocycles. The van der Waals surface area contributed by atoms with Gasteiger partial charge < -0.3 is 18.6 Å². The highest BCUT2D eigenvalue weighted by Gasteiger charge is 2.33. The quantitative estimate of drug-likeness (QED) is 0.322. The number of para-hydroxylation sites is 1. The molecule has 1 aliphatic rings. The highest BCUT2D eigenvalue weighted by atomic mass is 19.4. The van der Waals surface area contributed by atoms with Crippen molar-refractivity contribution >= 4 is 16.9 Å². The number of likely N-dealkylation sites (tertiary alicyclic amines) is 1. The van der Waals surface area contributed by atoms with Gasteiger partial charge in [0.2, 0.25) is 0 Å². The molecule has 1 amide bonds. The van der Waals surface area contributed by atoms with Crippen LogP contribution in [0.25, 0.3) is 11.0 Å². The minimum atomic E-state index is -4.41. The lowest BCUT2D eigenvalue weighted by atomic mass is 9.95. The average Bonchev–Trinajstić information content (AvgIpc) is 3.51. The summed E-state index contributed by atoms with van der Waals surface area (Å²) in [4.78, 5) is 19.3. The second-order valence-electron chi connectivity index (χ2n) is 8.85. The van der Waals surface area contributed by atoms with Crippen LogP contribution >= 0.6 is 0 Å². The van der Waals surface area contributed by atoms with Gasteiger partial charge in [-0.05, 0) is 43.5 Å². The van der Waals surface area contributed by atoms with E-state index in [4.69, 9.17) is 9.15 Å². The summed E-state index contributed by atoms with van der Waals surface area (Å²) in [7, 11) is 0. The zero-order chi connectivity index (χ0) is 25.3. The molecule has 0 radical (unpaired) electrons. The van der Waals surface area contributed by atoms with Crippen molar-refractivity contribution in [3.8, 4) is 5.75 Å². The summed E-state index contributed by atoms with van der Waals surface area (Å²) in [6.07, 6.45) is 0.239. The minimum absolute atomic E-state index is 0.0438. The number of nitrogens with zero attached hydrogens (tertiary/aromatic N) is 3. The Labute approximate surface area is 206 Å². The molecule has 0 spiro atoms. The van der Waals surface area contributed by atoms with Crippen LogP contribution in [0.1, 0.15) is 53.2 Å². The first kappa shape index (κ1) is 24.0. The molecule has 188 valence electrons. The molecule has 3 heterocycles. The second-order valence-corrected chi connectivity index (χ2v) is 8.85. The summed E-state index contributed by atoms with van der Waals surface area (Å²) >= 11 is 0. The zero-order valence-corrected chi connectivity index (χ0v) is 19.8. The molecule has 0 N–H and O–H groups in total. The van der Waals surface area contributed by atoms with Gasteiger partial charge >= 0.3 is 6.18 Å². The van der Waals surface area contributed by atoms with E-state index in [1.54, 1.807) is 34.0 Å². The number of rotatable bonds is 6. The van der Waals surface area contributed by atoms with E-state index in [9.17, 15) is 18.0 Å². The van der Waals surface area contributed by atoms with Crippen molar-refractivity contribution in [2.45, 2.75) is 38.4 Å². The number of hydrogen-bond acceptors (Lipinski definition) is 4. The van der Waals surface area contributed by atoms with E-state index in [0.29, 0.717) is 43.9 Å². The largest absolute Gasteiger partial charge is 0.490 e. The van der Waals surface area contributed by atoms with E-state index in [0.717, 1.165) is 17.3 Å². The van der Waals surface area contributed by atoms with E-state index in [1.807, 2.05) is 25.1 Å². The van der Waals surface area contributed by atoms with E-state index < -0.39 is 11.7 Å². The van der Waals surface area contributed by atoms with E-state index in [-0.39, 0.29) is 29.7 Å². The number of piperidine rings is 1. The number of carbonyl (C=O) groups excluding carboxylic acids is 1. The normalized spacial score (nSPS) is 14.9. The Morgan fingerprint density at radius 3 is 2.67 bits per heavy atom. The number of hydrogen-bond donors (Lipinski definition) is 0. The third-order valence-corrected chi connectivity index (χ3v) is 6.58. The monoisotopic (exact) mass is 497 g/mol.